The second-order valence-corrected chi connectivity index (χ2v) is 3.87. The molecule has 1 unspecified atom stereocenters. The first kappa shape index (κ1) is 12.9. The fraction of sp³-hybridized carbons (Fsp3) is 0.556. The Bertz CT molecular complexity index is 415. The Kier molecular flexibility index (Phi) is 4.02. The van der Waals surface area contributed by atoms with E-state index in [1.54, 1.807) is 20.9 Å². The molecule has 0 bridgehead atoms. The van der Waals surface area contributed by atoms with Gasteiger partial charge >= 0.3 is 12.0 Å². The Morgan fingerprint density at radius 3 is 2.53 bits per heavy atom. The van der Waals surface area contributed by atoms with Crippen molar-refractivity contribution in [3.8, 4) is 0 Å². The van der Waals surface area contributed by atoms with Gasteiger partial charge in [0.25, 0.3) is 0 Å². The molecule has 0 spiro atoms. The number of aryl methyl sites for hydroxylation is 1. The average molecular weight is 241 g/mol. The molecular formula is C9H15N5O3. The van der Waals surface area contributed by atoms with Crippen LogP contribution in [0.5, 0.6) is 0 Å². The number of anilines is 1. The number of carbonyl (C=O) groups excluding carboxylic acids is 1. The highest BCUT2D eigenvalue weighted by atomic mass is 16.4. The molecule has 1 aromatic rings. The molecule has 8 nitrogen and oxygen atoms in total. The number of nitrogens with zero attached hydrogens (tertiary/aromatic N) is 3. The molecule has 0 aromatic carbocycles. The molecule has 0 radical (unpaired) electrons. The number of carboxylic acid groups (broad SMARTS) is 1. The van der Waals surface area contributed by atoms with Crippen molar-refractivity contribution in [2.24, 2.45) is 13.0 Å². The van der Waals surface area contributed by atoms with E-state index in [0.29, 0.717) is 0 Å². The number of urea groups is 1. The summed E-state index contributed by atoms with van der Waals surface area (Å²) in [5, 5.41) is 17.4. The molecule has 8 heteroatoms. The maximum Gasteiger partial charge on any atom is 0.326 e. The Labute approximate surface area is 98.0 Å². The number of hydrogen-bond acceptors (Lipinski definition) is 4. The van der Waals surface area contributed by atoms with E-state index in [1.807, 2.05) is 0 Å². The van der Waals surface area contributed by atoms with E-state index in [0.717, 1.165) is 0 Å². The zero-order valence-corrected chi connectivity index (χ0v) is 9.84. The van der Waals surface area contributed by atoms with Crippen LogP contribution in [0.15, 0.2) is 6.33 Å². The van der Waals surface area contributed by atoms with Crippen molar-refractivity contribution in [3.63, 3.8) is 0 Å². The van der Waals surface area contributed by atoms with E-state index >= 15 is 0 Å². The standard InChI is InChI=1S/C9H15N5O3/c1-5(2)6(7(15)16)12-9(17)13-8-10-4-11-14(8)3/h4-6H,1-3H3,(H,15,16)(H2,10,11,12,13,17). The highest BCUT2D eigenvalue weighted by Gasteiger charge is 2.23. The highest BCUT2D eigenvalue weighted by Crippen LogP contribution is 2.03. The lowest BCUT2D eigenvalue weighted by Gasteiger charge is -2.17. The van der Waals surface area contributed by atoms with Crippen molar-refractivity contribution in [1.82, 2.24) is 20.1 Å². The van der Waals surface area contributed by atoms with Gasteiger partial charge in [0.05, 0.1) is 0 Å². The summed E-state index contributed by atoms with van der Waals surface area (Å²) in [6.07, 6.45) is 1.28. The topological polar surface area (TPSA) is 109 Å². The van der Waals surface area contributed by atoms with Crippen LogP contribution in [-0.2, 0) is 11.8 Å². The maximum atomic E-state index is 11.5. The fourth-order valence-electron chi connectivity index (χ4n) is 1.20. The lowest BCUT2D eigenvalue weighted by Crippen LogP contribution is -2.46. The molecule has 0 saturated heterocycles. The molecular weight excluding hydrogens is 226 g/mol. The van der Waals surface area contributed by atoms with Crippen molar-refractivity contribution in [2.75, 3.05) is 5.32 Å². The molecule has 17 heavy (non-hydrogen) atoms. The van der Waals surface area contributed by atoms with Gasteiger partial charge in [-0.05, 0) is 5.92 Å². The minimum absolute atomic E-state index is 0.210. The van der Waals surface area contributed by atoms with Gasteiger partial charge in [-0.15, -0.1) is 0 Å². The highest BCUT2D eigenvalue weighted by molar-refractivity contribution is 5.90. The summed E-state index contributed by atoms with van der Waals surface area (Å²) in [7, 11) is 1.61. The number of nitrogens with one attached hydrogen (secondary N) is 2. The second-order valence-electron chi connectivity index (χ2n) is 3.87. The van der Waals surface area contributed by atoms with Crippen LogP contribution in [0.4, 0.5) is 10.7 Å². The molecule has 0 aliphatic heterocycles. The van der Waals surface area contributed by atoms with E-state index < -0.39 is 18.0 Å². The van der Waals surface area contributed by atoms with Crippen LogP contribution in [0.1, 0.15) is 13.8 Å². The van der Waals surface area contributed by atoms with Crippen LogP contribution in [0.2, 0.25) is 0 Å². The van der Waals surface area contributed by atoms with Crippen LogP contribution in [-0.4, -0.2) is 37.9 Å². The van der Waals surface area contributed by atoms with Crippen molar-refractivity contribution in [1.29, 1.82) is 0 Å². The number of rotatable bonds is 4. The minimum Gasteiger partial charge on any atom is -0.480 e. The molecule has 2 amide bonds. The lowest BCUT2D eigenvalue weighted by atomic mass is 10.1. The van der Waals surface area contributed by atoms with Crippen LogP contribution >= 0.6 is 0 Å². The number of aliphatic carboxylic acids is 1. The summed E-state index contributed by atoms with van der Waals surface area (Å²) in [4.78, 5) is 26.2. The van der Waals surface area contributed by atoms with Crippen molar-refractivity contribution in [3.05, 3.63) is 6.33 Å². The summed E-state index contributed by atoms with van der Waals surface area (Å²) in [5.41, 5.74) is 0. The summed E-state index contributed by atoms with van der Waals surface area (Å²) in [6.45, 7) is 3.42. The van der Waals surface area contributed by atoms with Gasteiger partial charge in [-0.3, -0.25) is 5.32 Å². The summed E-state index contributed by atoms with van der Waals surface area (Å²) < 4.78 is 1.37. The smallest absolute Gasteiger partial charge is 0.326 e. The third kappa shape index (κ3) is 3.44. The summed E-state index contributed by atoms with van der Waals surface area (Å²) in [5.74, 6) is -1.04. The quantitative estimate of drug-likeness (QED) is 0.689. The van der Waals surface area contributed by atoms with E-state index in [4.69, 9.17) is 5.11 Å². The van der Waals surface area contributed by atoms with E-state index in [2.05, 4.69) is 20.7 Å². The van der Waals surface area contributed by atoms with Gasteiger partial charge in [0.2, 0.25) is 5.95 Å². The van der Waals surface area contributed by atoms with Crippen LogP contribution in [0.25, 0.3) is 0 Å². The monoisotopic (exact) mass is 241 g/mol. The molecule has 94 valence electrons. The average Bonchev–Trinajstić information content (AvgIpc) is 2.60. The molecule has 0 aliphatic rings. The molecule has 3 N–H and O–H groups in total. The molecule has 1 rings (SSSR count). The van der Waals surface area contributed by atoms with E-state index in [-0.39, 0.29) is 11.9 Å². The number of carboxylic acids is 1. The first-order valence-electron chi connectivity index (χ1n) is 5.06. The van der Waals surface area contributed by atoms with Gasteiger partial charge in [-0.25, -0.2) is 14.3 Å². The zero-order valence-electron chi connectivity index (χ0n) is 9.84. The minimum atomic E-state index is -1.08. The molecule has 0 fully saturated rings. The Hall–Kier alpha value is -2.12. The van der Waals surface area contributed by atoms with Crippen LogP contribution < -0.4 is 10.6 Å². The van der Waals surface area contributed by atoms with Crippen molar-refractivity contribution < 1.29 is 14.7 Å². The first-order valence-corrected chi connectivity index (χ1v) is 5.06. The first-order chi connectivity index (χ1) is 7.91. The molecule has 0 aliphatic carbocycles. The van der Waals surface area contributed by atoms with Gasteiger partial charge in [0.1, 0.15) is 12.4 Å². The third-order valence-corrected chi connectivity index (χ3v) is 2.16. The summed E-state index contributed by atoms with van der Waals surface area (Å²) in [6, 6.07) is -1.56. The predicted octanol–water partition coefficient (Wildman–Crippen LogP) is 0.0458. The molecule has 1 atom stereocenters. The third-order valence-electron chi connectivity index (χ3n) is 2.16. The van der Waals surface area contributed by atoms with Crippen LogP contribution in [0.3, 0.4) is 0 Å². The Morgan fingerprint density at radius 2 is 2.12 bits per heavy atom. The van der Waals surface area contributed by atoms with Crippen LogP contribution in [0, 0.1) is 5.92 Å². The number of carbonyl (C=O) groups is 2. The van der Waals surface area contributed by atoms with Crippen molar-refractivity contribution in [2.45, 2.75) is 19.9 Å². The van der Waals surface area contributed by atoms with Gasteiger partial charge < -0.3 is 10.4 Å². The van der Waals surface area contributed by atoms with Gasteiger partial charge in [-0.1, -0.05) is 13.8 Å². The number of aromatic nitrogens is 3. The van der Waals surface area contributed by atoms with E-state index in [1.165, 1.54) is 11.0 Å². The zero-order chi connectivity index (χ0) is 13.0. The fourth-order valence-corrected chi connectivity index (χ4v) is 1.20. The molecule has 1 heterocycles. The van der Waals surface area contributed by atoms with E-state index in [9.17, 15) is 9.59 Å². The van der Waals surface area contributed by atoms with Gasteiger partial charge in [0, 0.05) is 7.05 Å². The van der Waals surface area contributed by atoms with Gasteiger partial charge in [0.15, 0.2) is 0 Å². The molecule has 0 saturated carbocycles. The lowest BCUT2D eigenvalue weighted by molar-refractivity contribution is -0.140. The number of hydrogen-bond donors (Lipinski definition) is 3. The SMILES string of the molecule is CC(C)C(NC(=O)Nc1ncnn1C)C(=O)O. The summed E-state index contributed by atoms with van der Waals surface area (Å²) >= 11 is 0. The maximum absolute atomic E-state index is 11.5. The van der Waals surface area contributed by atoms with Crippen molar-refractivity contribution >= 4 is 17.9 Å². The number of amides is 2. The normalized spacial score (nSPS) is 12.2. The Morgan fingerprint density at radius 1 is 1.47 bits per heavy atom. The molecule has 1 aromatic heterocycles. The second kappa shape index (κ2) is 5.28. The Balaban J connectivity index is 2.60. The van der Waals surface area contributed by atoms with Gasteiger partial charge in [-0.2, -0.15) is 10.1 Å². The predicted molar refractivity (Wildman–Crippen MR) is 59.4 cm³/mol. The largest absolute Gasteiger partial charge is 0.480 e.